The van der Waals surface area contributed by atoms with E-state index in [1.54, 1.807) is 6.07 Å². The second-order valence-corrected chi connectivity index (χ2v) is 5.29. The maximum Gasteiger partial charge on any atom is 0.203 e. The predicted molar refractivity (Wildman–Crippen MR) is 78.7 cm³/mol. The highest BCUT2D eigenvalue weighted by Gasteiger charge is 2.10. The number of methoxy groups -OCH3 is 1. The number of aryl methyl sites for hydroxylation is 1. The summed E-state index contributed by atoms with van der Waals surface area (Å²) in [6, 6.07) is 2.88. The number of hydrogen-bond donors (Lipinski definition) is 1. The number of thiazole rings is 1. The lowest BCUT2D eigenvalue weighted by Gasteiger charge is -2.06. The van der Waals surface area contributed by atoms with Gasteiger partial charge in [-0.1, -0.05) is 0 Å². The maximum absolute atomic E-state index is 13.7. The Kier molecular flexibility index (Phi) is 4.49. The maximum atomic E-state index is 13.7. The Bertz CT molecular complexity index is 615. The lowest BCUT2D eigenvalue weighted by Crippen LogP contribution is -1.96. The van der Waals surface area contributed by atoms with Crippen LogP contribution < -0.4 is 10.2 Å². The molecule has 0 spiro atoms. The van der Waals surface area contributed by atoms with Gasteiger partial charge in [-0.15, -0.1) is 11.3 Å². The molecule has 0 bridgehead atoms. The molecule has 2 rings (SSSR count). The van der Waals surface area contributed by atoms with E-state index in [1.165, 1.54) is 30.7 Å². The number of rotatable bonds is 4. The van der Waals surface area contributed by atoms with Crippen LogP contribution in [-0.2, 0) is 0 Å². The van der Waals surface area contributed by atoms with Gasteiger partial charge >= 0.3 is 0 Å². The molecule has 0 atom stereocenters. The summed E-state index contributed by atoms with van der Waals surface area (Å²) in [5, 5.41) is 6.53. The van der Waals surface area contributed by atoms with E-state index in [4.69, 9.17) is 4.74 Å². The van der Waals surface area contributed by atoms with Crippen molar-refractivity contribution in [1.82, 2.24) is 4.98 Å². The highest BCUT2D eigenvalue weighted by atomic mass is 79.9. The molecule has 0 unspecified atom stereocenters. The lowest BCUT2D eigenvalue weighted by molar-refractivity contribution is 0.411. The van der Waals surface area contributed by atoms with Crippen LogP contribution >= 0.6 is 27.3 Å². The van der Waals surface area contributed by atoms with Crippen molar-refractivity contribution >= 4 is 38.6 Å². The fourth-order valence-corrected chi connectivity index (χ4v) is 2.61. The van der Waals surface area contributed by atoms with Crippen molar-refractivity contribution in [1.29, 1.82) is 0 Å². The molecule has 0 radical (unpaired) electrons. The smallest absolute Gasteiger partial charge is 0.203 e. The molecule has 2 aromatic rings. The van der Waals surface area contributed by atoms with Gasteiger partial charge in [0.25, 0.3) is 0 Å². The number of hydrazone groups is 1. The van der Waals surface area contributed by atoms with Gasteiger partial charge in [0.15, 0.2) is 0 Å². The van der Waals surface area contributed by atoms with Gasteiger partial charge < -0.3 is 4.74 Å². The SMILES string of the molecule is COc1ccc(F)c(C=NNc2nc(C)cs2)c1Br. The molecule has 1 N–H and O–H groups in total. The van der Waals surface area contributed by atoms with E-state index >= 15 is 0 Å². The average molecular weight is 344 g/mol. The van der Waals surface area contributed by atoms with E-state index in [0.29, 0.717) is 20.9 Å². The lowest BCUT2D eigenvalue weighted by atomic mass is 10.2. The van der Waals surface area contributed by atoms with Crippen LogP contribution in [0.2, 0.25) is 0 Å². The monoisotopic (exact) mass is 343 g/mol. The predicted octanol–water partition coefficient (Wildman–Crippen LogP) is 3.81. The van der Waals surface area contributed by atoms with Crippen LogP contribution in [0.5, 0.6) is 5.75 Å². The number of halogens is 2. The molecule has 0 aliphatic carbocycles. The van der Waals surface area contributed by atoms with E-state index < -0.39 is 0 Å². The summed E-state index contributed by atoms with van der Waals surface area (Å²) in [6.45, 7) is 1.89. The van der Waals surface area contributed by atoms with Crippen LogP contribution in [0.3, 0.4) is 0 Å². The van der Waals surface area contributed by atoms with Gasteiger partial charge in [-0.25, -0.2) is 9.37 Å². The van der Waals surface area contributed by atoms with E-state index in [1.807, 2.05) is 12.3 Å². The summed E-state index contributed by atoms with van der Waals surface area (Å²) >= 11 is 4.72. The zero-order valence-electron chi connectivity index (χ0n) is 10.3. The van der Waals surface area contributed by atoms with Gasteiger partial charge in [-0.2, -0.15) is 5.10 Å². The first-order valence-corrected chi connectivity index (χ1v) is 7.02. The van der Waals surface area contributed by atoms with Crippen LogP contribution in [-0.4, -0.2) is 18.3 Å². The van der Waals surface area contributed by atoms with Crippen LogP contribution in [0.25, 0.3) is 0 Å². The highest BCUT2D eigenvalue weighted by molar-refractivity contribution is 9.10. The number of anilines is 1. The van der Waals surface area contributed by atoms with Gasteiger partial charge in [-0.3, -0.25) is 5.43 Å². The molecule has 1 aromatic carbocycles. The highest BCUT2D eigenvalue weighted by Crippen LogP contribution is 2.29. The Labute approximate surface area is 122 Å². The zero-order chi connectivity index (χ0) is 13.8. The number of hydrogen-bond acceptors (Lipinski definition) is 5. The molecular formula is C12H11BrFN3OS. The first-order valence-electron chi connectivity index (χ1n) is 5.35. The minimum atomic E-state index is -0.381. The van der Waals surface area contributed by atoms with Crippen LogP contribution in [0, 0.1) is 12.7 Å². The third kappa shape index (κ3) is 3.30. The van der Waals surface area contributed by atoms with E-state index in [-0.39, 0.29) is 5.82 Å². The largest absolute Gasteiger partial charge is 0.496 e. The van der Waals surface area contributed by atoms with Gasteiger partial charge in [0.05, 0.1) is 23.5 Å². The molecule has 7 heteroatoms. The molecular weight excluding hydrogens is 333 g/mol. The van der Waals surface area contributed by atoms with Crippen LogP contribution in [0.1, 0.15) is 11.3 Å². The third-order valence-electron chi connectivity index (χ3n) is 2.28. The minimum absolute atomic E-state index is 0.320. The van der Waals surface area contributed by atoms with Crippen molar-refractivity contribution in [2.24, 2.45) is 5.10 Å². The molecule has 0 saturated heterocycles. The van der Waals surface area contributed by atoms with Gasteiger partial charge in [0, 0.05) is 10.9 Å². The van der Waals surface area contributed by atoms with Crippen molar-refractivity contribution in [3.8, 4) is 5.75 Å². The van der Waals surface area contributed by atoms with Crippen LogP contribution in [0.15, 0.2) is 27.1 Å². The Morgan fingerprint density at radius 1 is 1.53 bits per heavy atom. The first-order chi connectivity index (χ1) is 9.11. The van der Waals surface area contributed by atoms with E-state index in [0.717, 1.165) is 5.69 Å². The Morgan fingerprint density at radius 2 is 2.32 bits per heavy atom. The topological polar surface area (TPSA) is 46.5 Å². The fourth-order valence-electron chi connectivity index (χ4n) is 1.38. The van der Waals surface area contributed by atoms with Crippen molar-refractivity contribution in [3.63, 3.8) is 0 Å². The Hall–Kier alpha value is -1.47. The summed E-state index contributed by atoms with van der Waals surface area (Å²) in [5.74, 6) is 0.168. The normalized spacial score (nSPS) is 10.9. The number of nitrogens with one attached hydrogen (secondary N) is 1. The number of benzene rings is 1. The van der Waals surface area contributed by atoms with Crippen LogP contribution in [0.4, 0.5) is 9.52 Å². The molecule has 100 valence electrons. The van der Waals surface area contributed by atoms with Gasteiger partial charge in [0.1, 0.15) is 11.6 Å². The number of ether oxygens (including phenoxy) is 1. The Balaban J connectivity index is 2.18. The molecule has 1 heterocycles. The molecule has 0 saturated carbocycles. The fraction of sp³-hybridized carbons (Fsp3) is 0.167. The second kappa shape index (κ2) is 6.12. The number of aromatic nitrogens is 1. The summed E-state index contributed by atoms with van der Waals surface area (Å²) in [4.78, 5) is 4.18. The van der Waals surface area contributed by atoms with Gasteiger partial charge in [-0.05, 0) is 35.0 Å². The van der Waals surface area contributed by atoms with Crippen molar-refractivity contribution in [2.75, 3.05) is 12.5 Å². The molecule has 0 amide bonds. The standard InChI is InChI=1S/C12H11BrFN3OS/c1-7-6-19-12(16-7)17-15-5-8-9(14)3-4-10(18-2)11(8)13/h3-6H,1-2H3,(H,16,17). The van der Waals surface area contributed by atoms with Crippen molar-refractivity contribution < 1.29 is 9.13 Å². The Morgan fingerprint density at radius 3 is 2.95 bits per heavy atom. The molecule has 0 aliphatic rings. The van der Waals surface area contributed by atoms with Crippen molar-refractivity contribution in [3.05, 3.63) is 39.1 Å². The molecule has 1 aromatic heterocycles. The van der Waals surface area contributed by atoms with E-state index in [2.05, 4.69) is 31.4 Å². The molecule has 0 fully saturated rings. The summed E-state index contributed by atoms with van der Waals surface area (Å²) in [6.07, 6.45) is 1.39. The van der Waals surface area contributed by atoms with E-state index in [9.17, 15) is 4.39 Å². The molecule has 4 nitrogen and oxygen atoms in total. The van der Waals surface area contributed by atoms with Gasteiger partial charge in [0.2, 0.25) is 5.13 Å². The average Bonchev–Trinajstić information content (AvgIpc) is 2.79. The summed E-state index contributed by atoms with van der Waals surface area (Å²) in [5.41, 5.74) is 3.99. The second-order valence-electron chi connectivity index (χ2n) is 3.64. The quantitative estimate of drug-likeness (QED) is 0.678. The zero-order valence-corrected chi connectivity index (χ0v) is 12.7. The molecule has 19 heavy (non-hydrogen) atoms. The summed E-state index contributed by atoms with van der Waals surface area (Å²) in [7, 11) is 1.52. The number of nitrogens with zero attached hydrogens (tertiary/aromatic N) is 2. The minimum Gasteiger partial charge on any atom is -0.496 e. The van der Waals surface area contributed by atoms with Crippen molar-refractivity contribution in [2.45, 2.75) is 6.92 Å². The third-order valence-corrected chi connectivity index (χ3v) is 3.97. The first kappa shape index (κ1) is 14.0. The summed E-state index contributed by atoms with van der Waals surface area (Å²) < 4.78 is 19.3. The molecule has 0 aliphatic heterocycles.